The average molecular weight is 314 g/mol. The zero-order valence-corrected chi connectivity index (χ0v) is 13.5. The molecule has 3 aliphatic rings. The Morgan fingerprint density at radius 3 is 2.74 bits per heavy atom. The van der Waals surface area contributed by atoms with E-state index < -0.39 is 0 Å². The summed E-state index contributed by atoms with van der Waals surface area (Å²) >= 11 is 0. The third kappa shape index (κ3) is 3.59. The molecule has 0 spiro atoms. The Balaban J connectivity index is 1.29. The summed E-state index contributed by atoms with van der Waals surface area (Å²) in [6, 6.07) is 10.6. The van der Waals surface area contributed by atoms with Crippen LogP contribution in [-0.2, 0) is 11.3 Å². The number of aliphatic hydroxyl groups is 1. The summed E-state index contributed by atoms with van der Waals surface area (Å²) in [5.41, 5.74) is 1.26. The van der Waals surface area contributed by atoms with E-state index in [0.29, 0.717) is 19.0 Å². The number of likely N-dealkylation sites (tertiary alicyclic amines) is 1. The summed E-state index contributed by atoms with van der Waals surface area (Å²) in [5.74, 6) is 2.03. The number of hydrogen-bond acceptors (Lipinski definition) is 3. The molecule has 4 rings (SSSR count). The summed E-state index contributed by atoms with van der Waals surface area (Å²) < 4.78 is 0. The number of rotatable bonds is 6. The van der Waals surface area contributed by atoms with Gasteiger partial charge < -0.3 is 10.4 Å². The fraction of sp³-hybridized carbons (Fsp3) is 0.632. The third-order valence-electron chi connectivity index (χ3n) is 5.65. The number of hydrogen-bond donors (Lipinski definition) is 2. The van der Waals surface area contributed by atoms with Crippen molar-refractivity contribution in [2.24, 2.45) is 17.8 Å². The fourth-order valence-electron chi connectivity index (χ4n) is 4.09. The first kappa shape index (κ1) is 15.2. The van der Waals surface area contributed by atoms with Gasteiger partial charge in [0, 0.05) is 31.6 Å². The number of carbonyl (C=O) groups excluding carboxylic acids is 1. The number of nitrogens with zero attached hydrogens (tertiary/aromatic N) is 1. The lowest BCUT2D eigenvalue weighted by atomic mass is 10.1. The van der Waals surface area contributed by atoms with Gasteiger partial charge in [0.2, 0.25) is 5.91 Å². The van der Waals surface area contributed by atoms with Crippen LogP contribution in [0.3, 0.4) is 0 Å². The average Bonchev–Trinajstić information content (AvgIpc) is 3.43. The molecular formula is C19H26N2O2. The molecule has 4 atom stereocenters. The van der Waals surface area contributed by atoms with Gasteiger partial charge in [0.15, 0.2) is 0 Å². The Kier molecular flexibility index (Phi) is 4.12. The van der Waals surface area contributed by atoms with Crippen LogP contribution in [-0.4, -0.2) is 41.1 Å². The molecule has 1 aromatic rings. The van der Waals surface area contributed by atoms with Crippen LogP contribution >= 0.6 is 0 Å². The molecule has 1 heterocycles. The van der Waals surface area contributed by atoms with Crippen LogP contribution in [0.4, 0.5) is 0 Å². The molecular weight excluding hydrogens is 288 g/mol. The largest absolute Gasteiger partial charge is 0.392 e. The molecule has 1 saturated heterocycles. The van der Waals surface area contributed by atoms with Crippen molar-refractivity contribution in [3.63, 3.8) is 0 Å². The van der Waals surface area contributed by atoms with Crippen molar-refractivity contribution >= 4 is 5.91 Å². The van der Waals surface area contributed by atoms with Crippen LogP contribution in [0, 0.1) is 17.8 Å². The standard InChI is InChI=1S/C19H26N2O2/c22-16-8-15(21(12-16)11-13-4-2-1-3-5-13)10-20-19(23)18-9-17(18)14-6-7-14/h1-5,14-18,22H,6-12H2,(H,20,23). The van der Waals surface area contributed by atoms with Crippen molar-refractivity contribution in [1.29, 1.82) is 0 Å². The molecule has 1 aromatic carbocycles. The summed E-state index contributed by atoms with van der Waals surface area (Å²) in [6.45, 7) is 2.20. The van der Waals surface area contributed by atoms with E-state index in [9.17, 15) is 9.90 Å². The zero-order chi connectivity index (χ0) is 15.8. The second-order valence-corrected chi connectivity index (χ2v) is 7.55. The predicted octanol–water partition coefficient (Wildman–Crippen LogP) is 1.78. The fourth-order valence-corrected chi connectivity index (χ4v) is 4.09. The highest BCUT2D eigenvalue weighted by molar-refractivity contribution is 5.81. The van der Waals surface area contributed by atoms with E-state index in [4.69, 9.17) is 0 Å². The van der Waals surface area contributed by atoms with Gasteiger partial charge in [0.1, 0.15) is 0 Å². The summed E-state index contributed by atoms with van der Waals surface area (Å²) in [7, 11) is 0. The lowest BCUT2D eigenvalue weighted by Gasteiger charge is -2.24. The van der Waals surface area contributed by atoms with Crippen molar-refractivity contribution in [2.45, 2.75) is 44.4 Å². The Bertz CT molecular complexity index is 558. The van der Waals surface area contributed by atoms with Gasteiger partial charge in [-0.25, -0.2) is 0 Å². The lowest BCUT2D eigenvalue weighted by molar-refractivity contribution is -0.122. The van der Waals surface area contributed by atoms with Gasteiger partial charge >= 0.3 is 0 Å². The Morgan fingerprint density at radius 1 is 1.22 bits per heavy atom. The molecule has 0 radical (unpaired) electrons. The first-order chi connectivity index (χ1) is 11.2. The minimum absolute atomic E-state index is 0.239. The molecule has 3 fully saturated rings. The van der Waals surface area contributed by atoms with E-state index in [-0.39, 0.29) is 24.0 Å². The lowest BCUT2D eigenvalue weighted by Crippen LogP contribution is -2.40. The Morgan fingerprint density at radius 2 is 2.00 bits per heavy atom. The van der Waals surface area contributed by atoms with E-state index in [1.54, 1.807) is 0 Å². The molecule has 23 heavy (non-hydrogen) atoms. The molecule has 0 bridgehead atoms. The summed E-state index contributed by atoms with van der Waals surface area (Å²) in [6.07, 6.45) is 4.23. The molecule has 4 unspecified atom stereocenters. The molecule has 2 aliphatic carbocycles. The normalized spacial score (nSPS) is 33.6. The van der Waals surface area contributed by atoms with Gasteiger partial charge in [0.25, 0.3) is 0 Å². The second kappa shape index (κ2) is 6.25. The van der Waals surface area contributed by atoms with Crippen molar-refractivity contribution in [1.82, 2.24) is 10.2 Å². The van der Waals surface area contributed by atoms with Crippen LogP contribution in [0.25, 0.3) is 0 Å². The van der Waals surface area contributed by atoms with Crippen molar-refractivity contribution in [2.75, 3.05) is 13.1 Å². The maximum atomic E-state index is 12.3. The summed E-state index contributed by atoms with van der Waals surface area (Å²) in [4.78, 5) is 14.6. The molecule has 124 valence electrons. The van der Waals surface area contributed by atoms with Gasteiger partial charge in [-0.15, -0.1) is 0 Å². The van der Waals surface area contributed by atoms with Crippen LogP contribution in [0.2, 0.25) is 0 Å². The van der Waals surface area contributed by atoms with E-state index in [1.807, 2.05) is 18.2 Å². The van der Waals surface area contributed by atoms with Crippen molar-refractivity contribution in [3.8, 4) is 0 Å². The highest BCUT2D eigenvalue weighted by Gasteiger charge is 2.51. The van der Waals surface area contributed by atoms with Crippen LogP contribution < -0.4 is 5.32 Å². The third-order valence-corrected chi connectivity index (χ3v) is 5.65. The molecule has 4 nitrogen and oxygen atoms in total. The van der Waals surface area contributed by atoms with Gasteiger partial charge in [0.05, 0.1) is 6.10 Å². The zero-order valence-electron chi connectivity index (χ0n) is 13.5. The van der Waals surface area contributed by atoms with Gasteiger partial charge in [-0.05, 0) is 43.1 Å². The quantitative estimate of drug-likeness (QED) is 0.841. The predicted molar refractivity (Wildman–Crippen MR) is 88.6 cm³/mol. The Hall–Kier alpha value is -1.39. The molecule has 1 amide bonds. The monoisotopic (exact) mass is 314 g/mol. The van der Waals surface area contributed by atoms with Gasteiger partial charge in [-0.2, -0.15) is 0 Å². The molecule has 0 aromatic heterocycles. The first-order valence-electron chi connectivity index (χ1n) is 8.94. The van der Waals surface area contributed by atoms with Crippen LogP contribution in [0.5, 0.6) is 0 Å². The molecule has 2 saturated carbocycles. The Labute approximate surface area is 137 Å². The minimum Gasteiger partial charge on any atom is -0.392 e. The number of benzene rings is 1. The van der Waals surface area contributed by atoms with Crippen LogP contribution in [0.15, 0.2) is 30.3 Å². The van der Waals surface area contributed by atoms with E-state index in [1.165, 1.54) is 18.4 Å². The van der Waals surface area contributed by atoms with E-state index in [0.717, 1.165) is 25.3 Å². The molecule has 2 N–H and O–H groups in total. The number of nitrogens with one attached hydrogen (secondary N) is 1. The van der Waals surface area contributed by atoms with Crippen LogP contribution in [0.1, 0.15) is 31.2 Å². The molecule has 4 heteroatoms. The maximum absolute atomic E-state index is 12.3. The highest BCUT2D eigenvalue weighted by Crippen LogP contribution is 2.54. The number of amides is 1. The topological polar surface area (TPSA) is 52.6 Å². The van der Waals surface area contributed by atoms with Crippen molar-refractivity contribution < 1.29 is 9.90 Å². The highest BCUT2D eigenvalue weighted by atomic mass is 16.3. The van der Waals surface area contributed by atoms with E-state index >= 15 is 0 Å². The molecule has 1 aliphatic heterocycles. The summed E-state index contributed by atoms with van der Waals surface area (Å²) in [5, 5.41) is 13.1. The van der Waals surface area contributed by atoms with E-state index in [2.05, 4.69) is 22.3 Å². The number of aliphatic hydroxyl groups excluding tert-OH is 1. The SMILES string of the molecule is O=C(NCC1CC(O)CN1Cc1ccccc1)C1CC1C1CC1. The minimum atomic E-state index is -0.277. The number of carbonyl (C=O) groups is 1. The number of β-amino-alcohol motifs (C(OH)–C–C–N with tert-alkyl or cyclic N) is 1. The first-order valence-corrected chi connectivity index (χ1v) is 8.94. The van der Waals surface area contributed by atoms with Gasteiger partial charge in [-0.1, -0.05) is 30.3 Å². The van der Waals surface area contributed by atoms with Crippen molar-refractivity contribution in [3.05, 3.63) is 35.9 Å². The van der Waals surface area contributed by atoms with Gasteiger partial charge in [-0.3, -0.25) is 9.69 Å². The smallest absolute Gasteiger partial charge is 0.223 e. The maximum Gasteiger partial charge on any atom is 0.223 e. The second-order valence-electron chi connectivity index (χ2n) is 7.55.